The van der Waals surface area contributed by atoms with Crippen LogP contribution in [0.4, 0.5) is 0 Å². The van der Waals surface area contributed by atoms with Gasteiger partial charge in [0.15, 0.2) is 0 Å². The van der Waals surface area contributed by atoms with Gasteiger partial charge in [0.05, 0.1) is 6.10 Å². The lowest BCUT2D eigenvalue weighted by Gasteiger charge is -2.36. The zero-order chi connectivity index (χ0) is 8.55. The molecule has 3 unspecified atom stereocenters. The van der Waals surface area contributed by atoms with E-state index in [1.165, 1.54) is 25.7 Å². The van der Waals surface area contributed by atoms with Gasteiger partial charge in [-0.3, -0.25) is 0 Å². The Balaban J connectivity index is 2.16. The summed E-state index contributed by atoms with van der Waals surface area (Å²) in [5.41, 5.74) is 1.56. The molecule has 0 aromatic rings. The van der Waals surface area contributed by atoms with Gasteiger partial charge in [0.1, 0.15) is 0 Å². The van der Waals surface area contributed by atoms with E-state index in [2.05, 4.69) is 13.0 Å². The number of allylic oxidation sites excluding steroid dienone is 1. The van der Waals surface area contributed by atoms with Crippen molar-refractivity contribution in [2.75, 3.05) is 0 Å². The Morgan fingerprint density at radius 3 is 3.00 bits per heavy atom. The van der Waals surface area contributed by atoms with Crippen LogP contribution in [0.5, 0.6) is 0 Å². The maximum atomic E-state index is 9.68. The predicted octanol–water partition coefficient (Wildman–Crippen LogP) is 2.50. The molecule has 0 aromatic carbocycles. The summed E-state index contributed by atoms with van der Waals surface area (Å²) < 4.78 is 0. The van der Waals surface area contributed by atoms with Crippen LogP contribution in [0.2, 0.25) is 0 Å². The van der Waals surface area contributed by atoms with Gasteiger partial charge in [-0.25, -0.2) is 0 Å². The van der Waals surface area contributed by atoms with Crippen molar-refractivity contribution in [3.63, 3.8) is 0 Å². The lowest BCUT2D eigenvalue weighted by molar-refractivity contribution is 0.0880. The molecule has 12 heavy (non-hydrogen) atoms. The van der Waals surface area contributed by atoms with Crippen molar-refractivity contribution in [2.45, 2.75) is 45.1 Å². The summed E-state index contributed by atoms with van der Waals surface area (Å²) in [6, 6.07) is 0. The van der Waals surface area contributed by atoms with E-state index in [4.69, 9.17) is 0 Å². The van der Waals surface area contributed by atoms with Gasteiger partial charge in [-0.05, 0) is 38.0 Å². The Morgan fingerprint density at radius 2 is 2.17 bits per heavy atom. The highest BCUT2D eigenvalue weighted by atomic mass is 16.3. The second-order valence-corrected chi connectivity index (χ2v) is 4.27. The van der Waals surface area contributed by atoms with Crippen LogP contribution in [0.15, 0.2) is 11.6 Å². The van der Waals surface area contributed by atoms with E-state index >= 15 is 0 Å². The summed E-state index contributed by atoms with van der Waals surface area (Å²) in [4.78, 5) is 0. The molecule has 1 saturated carbocycles. The molecule has 2 rings (SSSR count). The van der Waals surface area contributed by atoms with Crippen LogP contribution in [-0.2, 0) is 0 Å². The highest BCUT2D eigenvalue weighted by Gasteiger charge is 2.31. The third-order valence-electron chi connectivity index (χ3n) is 3.52. The molecule has 1 N–H and O–H groups in total. The normalized spacial score (nSPS) is 41.8. The molecule has 0 spiro atoms. The van der Waals surface area contributed by atoms with E-state index < -0.39 is 0 Å². The van der Waals surface area contributed by atoms with Crippen molar-refractivity contribution in [3.05, 3.63) is 11.6 Å². The Hall–Kier alpha value is -0.300. The van der Waals surface area contributed by atoms with E-state index in [9.17, 15) is 5.11 Å². The van der Waals surface area contributed by atoms with E-state index in [1.807, 2.05) is 0 Å². The molecule has 0 radical (unpaired) electrons. The van der Waals surface area contributed by atoms with E-state index in [0.29, 0.717) is 5.92 Å². The van der Waals surface area contributed by atoms with Crippen molar-refractivity contribution >= 4 is 0 Å². The molecule has 0 saturated heterocycles. The highest BCUT2D eigenvalue weighted by molar-refractivity contribution is 5.16. The van der Waals surface area contributed by atoms with E-state index in [1.54, 1.807) is 5.57 Å². The van der Waals surface area contributed by atoms with Gasteiger partial charge < -0.3 is 5.11 Å². The van der Waals surface area contributed by atoms with Crippen LogP contribution in [-0.4, -0.2) is 11.2 Å². The van der Waals surface area contributed by atoms with Crippen LogP contribution in [0.1, 0.15) is 39.0 Å². The third-order valence-corrected chi connectivity index (χ3v) is 3.52. The van der Waals surface area contributed by atoms with Gasteiger partial charge >= 0.3 is 0 Å². The van der Waals surface area contributed by atoms with Gasteiger partial charge in [-0.15, -0.1) is 0 Å². The number of hydrogen-bond donors (Lipinski definition) is 1. The molecule has 2 aliphatic rings. The summed E-state index contributed by atoms with van der Waals surface area (Å²) in [6.45, 7) is 2.17. The number of hydrogen-bond acceptors (Lipinski definition) is 1. The van der Waals surface area contributed by atoms with Crippen LogP contribution >= 0.6 is 0 Å². The Labute approximate surface area is 74.5 Å². The zero-order valence-electron chi connectivity index (χ0n) is 7.79. The van der Waals surface area contributed by atoms with Crippen LogP contribution in [0, 0.1) is 11.8 Å². The molecular weight excluding hydrogens is 148 g/mol. The maximum Gasteiger partial charge on any atom is 0.0603 e. The first kappa shape index (κ1) is 8.31. The lowest BCUT2D eigenvalue weighted by Crippen LogP contribution is -2.30. The fraction of sp³-hybridized carbons (Fsp3) is 0.818. The molecule has 1 nitrogen and oxygen atoms in total. The molecule has 0 bridgehead atoms. The molecule has 68 valence electrons. The van der Waals surface area contributed by atoms with E-state index in [0.717, 1.165) is 12.3 Å². The highest BCUT2D eigenvalue weighted by Crippen LogP contribution is 2.39. The smallest absolute Gasteiger partial charge is 0.0603 e. The Bertz CT molecular complexity index is 195. The molecule has 0 aromatic heterocycles. The first-order chi connectivity index (χ1) is 5.79. The van der Waals surface area contributed by atoms with Crippen molar-refractivity contribution in [1.82, 2.24) is 0 Å². The summed E-state index contributed by atoms with van der Waals surface area (Å²) in [7, 11) is 0. The number of fused-ring (bicyclic) bond motifs is 1. The van der Waals surface area contributed by atoms with Crippen LogP contribution in [0.25, 0.3) is 0 Å². The van der Waals surface area contributed by atoms with Crippen molar-refractivity contribution in [2.24, 2.45) is 11.8 Å². The van der Waals surface area contributed by atoms with Crippen molar-refractivity contribution in [1.29, 1.82) is 0 Å². The monoisotopic (exact) mass is 166 g/mol. The SMILES string of the molecule is CC1C2=CCCCC2CCC1O. The minimum absolute atomic E-state index is 0.0643. The largest absolute Gasteiger partial charge is 0.393 e. The van der Waals surface area contributed by atoms with Gasteiger partial charge in [-0.2, -0.15) is 0 Å². The molecule has 1 heteroatoms. The first-order valence-electron chi connectivity index (χ1n) is 5.17. The third kappa shape index (κ3) is 1.31. The fourth-order valence-corrected chi connectivity index (χ4v) is 2.68. The number of aliphatic hydroxyl groups excluding tert-OH is 1. The summed E-state index contributed by atoms with van der Waals surface area (Å²) in [5.74, 6) is 1.25. The van der Waals surface area contributed by atoms with Gasteiger partial charge in [0.2, 0.25) is 0 Å². The molecule has 1 fully saturated rings. The van der Waals surface area contributed by atoms with Gasteiger partial charge in [-0.1, -0.05) is 18.6 Å². The molecule has 3 atom stereocenters. The maximum absolute atomic E-state index is 9.68. The minimum Gasteiger partial charge on any atom is -0.393 e. The average molecular weight is 166 g/mol. The average Bonchev–Trinajstić information content (AvgIpc) is 2.12. The summed E-state index contributed by atoms with van der Waals surface area (Å²) in [6.07, 6.45) is 8.51. The minimum atomic E-state index is -0.0643. The second kappa shape index (κ2) is 3.21. The van der Waals surface area contributed by atoms with E-state index in [-0.39, 0.29) is 6.10 Å². The lowest BCUT2D eigenvalue weighted by atomic mass is 9.71. The van der Waals surface area contributed by atoms with Gasteiger partial charge in [0.25, 0.3) is 0 Å². The second-order valence-electron chi connectivity index (χ2n) is 4.27. The van der Waals surface area contributed by atoms with Crippen LogP contribution < -0.4 is 0 Å². The van der Waals surface area contributed by atoms with Crippen LogP contribution in [0.3, 0.4) is 0 Å². The quantitative estimate of drug-likeness (QED) is 0.548. The Kier molecular flexibility index (Phi) is 2.22. The number of aliphatic hydroxyl groups is 1. The molecule has 0 heterocycles. The first-order valence-corrected chi connectivity index (χ1v) is 5.17. The van der Waals surface area contributed by atoms with Gasteiger partial charge in [0, 0.05) is 5.92 Å². The predicted molar refractivity (Wildman–Crippen MR) is 49.8 cm³/mol. The zero-order valence-corrected chi connectivity index (χ0v) is 7.79. The molecule has 2 aliphatic carbocycles. The molecular formula is C11H18O. The fourth-order valence-electron chi connectivity index (χ4n) is 2.68. The molecule has 0 aliphatic heterocycles. The Morgan fingerprint density at radius 1 is 1.33 bits per heavy atom. The summed E-state index contributed by atoms with van der Waals surface area (Å²) >= 11 is 0. The van der Waals surface area contributed by atoms with Crippen molar-refractivity contribution in [3.8, 4) is 0 Å². The standard InChI is InChI=1S/C11H18O/c1-8-10-5-3-2-4-9(10)6-7-11(8)12/h5,8-9,11-12H,2-4,6-7H2,1H3. The topological polar surface area (TPSA) is 20.2 Å². The summed E-state index contributed by atoms with van der Waals surface area (Å²) in [5, 5.41) is 9.68. The number of rotatable bonds is 0. The molecule has 0 amide bonds. The van der Waals surface area contributed by atoms with Crippen molar-refractivity contribution < 1.29 is 5.11 Å².